The van der Waals surface area contributed by atoms with E-state index >= 15 is 0 Å². The number of hydrogen-bond acceptors (Lipinski definition) is 2. The number of halogens is 2. The Labute approximate surface area is 118 Å². The molecule has 0 aliphatic carbocycles. The molecule has 0 heterocycles. The van der Waals surface area contributed by atoms with Crippen molar-refractivity contribution in [1.29, 1.82) is 0 Å². The number of rotatable bonds is 2. The highest BCUT2D eigenvalue weighted by Crippen LogP contribution is 2.25. The Hall–Kier alpha value is -1.88. The fourth-order valence-corrected chi connectivity index (χ4v) is 2.09. The molecule has 0 saturated heterocycles. The summed E-state index contributed by atoms with van der Waals surface area (Å²) in [5.74, 6) is -0.736. The van der Waals surface area contributed by atoms with Gasteiger partial charge in [0.25, 0.3) is 5.91 Å². The van der Waals surface area contributed by atoms with Crippen molar-refractivity contribution in [3.05, 3.63) is 57.8 Å². The van der Waals surface area contributed by atoms with Gasteiger partial charge in [-0.2, -0.15) is 0 Å². The zero-order chi connectivity index (χ0) is 14.0. The smallest absolute Gasteiger partial charge is 0.256 e. The van der Waals surface area contributed by atoms with Gasteiger partial charge in [-0.05, 0) is 52.7 Å². The standard InChI is InChI=1S/C14H12BrFN2O/c1-8-5-6-9(16)7-12(8)18-14(19)10-3-2-4-11(17)13(10)15/h2-7H,17H2,1H3,(H,18,19). The molecule has 2 aromatic rings. The van der Waals surface area contributed by atoms with Gasteiger partial charge in [0, 0.05) is 11.4 Å². The maximum atomic E-state index is 13.2. The van der Waals surface area contributed by atoms with Crippen LogP contribution in [0, 0.1) is 12.7 Å². The van der Waals surface area contributed by atoms with Crippen molar-refractivity contribution in [2.24, 2.45) is 0 Å². The van der Waals surface area contributed by atoms with Crippen LogP contribution in [0.1, 0.15) is 15.9 Å². The summed E-state index contributed by atoms with van der Waals surface area (Å²) in [6, 6.07) is 9.26. The van der Waals surface area contributed by atoms with Crippen molar-refractivity contribution in [2.45, 2.75) is 6.92 Å². The molecule has 19 heavy (non-hydrogen) atoms. The van der Waals surface area contributed by atoms with Gasteiger partial charge in [0.15, 0.2) is 0 Å². The first-order valence-corrected chi connectivity index (χ1v) is 6.40. The summed E-state index contributed by atoms with van der Waals surface area (Å²) in [7, 11) is 0. The van der Waals surface area contributed by atoms with E-state index in [-0.39, 0.29) is 5.91 Å². The fraction of sp³-hybridized carbons (Fsp3) is 0.0714. The third kappa shape index (κ3) is 2.93. The normalized spacial score (nSPS) is 10.3. The lowest BCUT2D eigenvalue weighted by Gasteiger charge is -2.10. The zero-order valence-corrected chi connectivity index (χ0v) is 11.8. The quantitative estimate of drug-likeness (QED) is 0.828. The summed E-state index contributed by atoms with van der Waals surface area (Å²) in [5.41, 5.74) is 7.83. The van der Waals surface area contributed by atoms with E-state index in [1.54, 1.807) is 31.2 Å². The van der Waals surface area contributed by atoms with Crippen LogP contribution >= 0.6 is 15.9 Å². The minimum atomic E-state index is -0.396. The van der Waals surface area contributed by atoms with E-state index in [9.17, 15) is 9.18 Å². The summed E-state index contributed by atoms with van der Waals surface area (Å²) in [5, 5.41) is 2.67. The summed E-state index contributed by atoms with van der Waals surface area (Å²) in [4.78, 5) is 12.1. The second-order valence-corrected chi connectivity index (χ2v) is 4.92. The number of hydrogen-bond donors (Lipinski definition) is 2. The summed E-state index contributed by atoms with van der Waals surface area (Å²) in [6.07, 6.45) is 0. The highest BCUT2D eigenvalue weighted by molar-refractivity contribution is 9.10. The van der Waals surface area contributed by atoms with Crippen LogP contribution in [-0.2, 0) is 0 Å². The molecule has 3 nitrogen and oxygen atoms in total. The van der Waals surface area contributed by atoms with Crippen molar-refractivity contribution >= 4 is 33.2 Å². The van der Waals surface area contributed by atoms with Crippen molar-refractivity contribution in [1.82, 2.24) is 0 Å². The van der Waals surface area contributed by atoms with E-state index < -0.39 is 5.82 Å². The van der Waals surface area contributed by atoms with E-state index in [1.165, 1.54) is 12.1 Å². The van der Waals surface area contributed by atoms with Gasteiger partial charge in [0.2, 0.25) is 0 Å². The molecule has 5 heteroatoms. The number of nitrogens with two attached hydrogens (primary N) is 1. The highest BCUT2D eigenvalue weighted by Gasteiger charge is 2.13. The molecule has 0 saturated carbocycles. The van der Waals surface area contributed by atoms with E-state index in [0.29, 0.717) is 21.4 Å². The number of benzene rings is 2. The molecule has 2 aromatic carbocycles. The number of aryl methyl sites for hydroxylation is 1. The first kappa shape index (κ1) is 13.5. The van der Waals surface area contributed by atoms with Gasteiger partial charge < -0.3 is 11.1 Å². The number of carbonyl (C=O) groups is 1. The van der Waals surface area contributed by atoms with Gasteiger partial charge in [0.05, 0.1) is 10.0 Å². The molecule has 3 N–H and O–H groups in total. The summed E-state index contributed by atoms with van der Waals surface area (Å²) in [6.45, 7) is 1.80. The minimum Gasteiger partial charge on any atom is -0.398 e. The van der Waals surface area contributed by atoms with Crippen LogP contribution in [0.25, 0.3) is 0 Å². The lowest BCUT2D eigenvalue weighted by Crippen LogP contribution is -2.14. The Morgan fingerprint density at radius 1 is 1.32 bits per heavy atom. The molecule has 1 amide bonds. The number of carbonyl (C=O) groups excluding carboxylic acids is 1. The lowest BCUT2D eigenvalue weighted by atomic mass is 10.1. The predicted octanol–water partition coefficient (Wildman–Crippen LogP) is 3.73. The molecule has 0 unspecified atom stereocenters. The van der Waals surface area contributed by atoms with Gasteiger partial charge in [-0.1, -0.05) is 12.1 Å². The van der Waals surface area contributed by atoms with Crippen LogP contribution in [0.3, 0.4) is 0 Å². The van der Waals surface area contributed by atoms with Crippen LogP contribution in [0.15, 0.2) is 40.9 Å². The molecule has 0 radical (unpaired) electrons. The molecule has 0 bridgehead atoms. The Bertz CT molecular complexity index is 643. The van der Waals surface area contributed by atoms with Crippen LogP contribution in [0.2, 0.25) is 0 Å². The van der Waals surface area contributed by atoms with Crippen LogP contribution in [0.4, 0.5) is 15.8 Å². The van der Waals surface area contributed by atoms with Crippen molar-refractivity contribution in [2.75, 3.05) is 11.1 Å². The number of amides is 1. The third-order valence-electron chi connectivity index (χ3n) is 2.72. The Morgan fingerprint density at radius 3 is 2.79 bits per heavy atom. The van der Waals surface area contributed by atoms with Gasteiger partial charge in [-0.15, -0.1) is 0 Å². The Balaban J connectivity index is 2.31. The molecule has 0 aromatic heterocycles. The first-order valence-electron chi connectivity index (χ1n) is 5.60. The molecule has 98 valence electrons. The number of anilines is 2. The van der Waals surface area contributed by atoms with Crippen LogP contribution < -0.4 is 11.1 Å². The van der Waals surface area contributed by atoms with Gasteiger partial charge >= 0.3 is 0 Å². The highest BCUT2D eigenvalue weighted by atomic mass is 79.9. The maximum absolute atomic E-state index is 13.2. The second-order valence-electron chi connectivity index (χ2n) is 4.12. The van der Waals surface area contributed by atoms with Gasteiger partial charge in [-0.3, -0.25) is 4.79 Å². The maximum Gasteiger partial charge on any atom is 0.256 e. The summed E-state index contributed by atoms with van der Waals surface area (Å²) < 4.78 is 13.7. The first-order chi connectivity index (χ1) is 8.99. The molecular weight excluding hydrogens is 311 g/mol. The van der Waals surface area contributed by atoms with E-state index in [2.05, 4.69) is 21.2 Å². The average molecular weight is 323 g/mol. The predicted molar refractivity (Wildman–Crippen MR) is 77.6 cm³/mol. The topological polar surface area (TPSA) is 55.1 Å². The monoisotopic (exact) mass is 322 g/mol. The van der Waals surface area contributed by atoms with Gasteiger partial charge in [0.1, 0.15) is 5.82 Å². The van der Waals surface area contributed by atoms with E-state index in [1.807, 2.05) is 0 Å². The molecule has 0 aliphatic heterocycles. The van der Waals surface area contributed by atoms with E-state index in [4.69, 9.17) is 5.73 Å². The SMILES string of the molecule is Cc1ccc(F)cc1NC(=O)c1cccc(N)c1Br. The largest absolute Gasteiger partial charge is 0.398 e. The molecule has 2 rings (SSSR count). The third-order valence-corrected chi connectivity index (χ3v) is 3.61. The Morgan fingerprint density at radius 2 is 2.05 bits per heavy atom. The molecule has 0 atom stereocenters. The molecule has 0 fully saturated rings. The number of nitrogen functional groups attached to an aromatic ring is 1. The Kier molecular flexibility index (Phi) is 3.85. The van der Waals surface area contributed by atoms with Crippen LogP contribution in [0.5, 0.6) is 0 Å². The summed E-state index contributed by atoms with van der Waals surface area (Å²) >= 11 is 3.27. The molecule has 0 spiro atoms. The minimum absolute atomic E-state index is 0.340. The molecular formula is C14H12BrFN2O. The van der Waals surface area contributed by atoms with Crippen molar-refractivity contribution in [3.63, 3.8) is 0 Å². The fourth-order valence-electron chi connectivity index (χ4n) is 1.64. The zero-order valence-electron chi connectivity index (χ0n) is 10.2. The molecule has 0 aliphatic rings. The lowest BCUT2D eigenvalue weighted by molar-refractivity contribution is 0.102. The van der Waals surface area contributed by atoms with Crippen LogP contribution in [-0.4, -0.2) is 5.91 Å². The van der Waals surface area contributed by atoms with Gasteiger partial charge in [-0.25, -0.2) is 4.39 Å². The van der Waals surface area contributed by atoms with E-state index in [0.717, 1.165) is 5.56 Å². The second kappa shape index (κ2) is 5.40. The van der Waals surface area contributed by atoms with Crippen molar-refractivity contribution < 1.29 is 9.18 Å². The number of nitrogens with one attached hydrogen (secondary N) is 1. The van der Waals surface area contributed by atoms with Crippen molar-refractivity contribution in [3.8, 4) is 0 Å². The average Bonchev–Trinajstić information content (AvgIpc) is 2.37.